The lowest BCUT2D eigenvalue weighted by Gasteiger charge is -2.06. The average molecular weight is 303 g/mol. The molecule has 0 spiro atoms. The third-order valence-corrected chi connectivity index (χ3v) is 3.74. The fourth-order valence-electron chi connectivity index (χ4n) is 1.81. The molecule has 0 saturated heterocycles. The first-order valence-electron chi connectivity index (χ1n) is 5.97. The van der Waals surface area contributed by atoms with E-state index in [2.05, 4.69) is 20.7 Å². The number of fused-ring (bicyclic) bond motifs is 1. The van der Waals surface area contributed by atoms with Gasteiger partial charge in [0.15, 0.2) is 16.8 Å². The van der Waals surface area contributed by atoms with Gasteiger partial charge in [-0.15, -0.1) is 0 Å². The highest BCUT2D eigenvalue weighted by molar-refractivity contribution is 7.22. The Bertz CT molecular complexity index is 786. The number of rotatable bonds is 3. The number of benzene rings is 1. The molecule has 0 fully saturated rings. The van der Waals surface area contributed by atoms with Gasteiger partial charge in [-0.1, -0.05) is 23.5 Å². The maximum atomic E-state index is 13.9. The lowest BCUT2D eigenvalue weighted by Crippen LogP contribution is -2.17. The maximum Gasteiger partial charge on any atom is 0.260 e. The first-order valence-corrected chi connectivity index (χ1v) is 6.78. The highest BCUT2D eigenvalue weighted by atomic mass is 32.1. The lowest BCUT2D eigenvalue weighted by atomic mass is 10.2. The summed E-state index contributed by atoms with van der Waals surface area (Å²) >= 11 is 1.31. The van der Waals surface area contributed by atoms with Gasteiger partial charge in [0.25, 0.3) is 5.91 Å². The van der Waals surface area contributed by atoms with Crippen LogP contribution in [0.2, 0.25) is 0 Å². The zero-order valence-corrected chi connectivity index (χ0v) is 11.4. The van der Waals surface area contributed by atoms with Crippen LogP contribution < -0.4 is 16.6 Å². The Morgan fingerprint density at radius 2 is 2.10 bits per heavy atom. The molecule has 21 heavy (non-hydrogen) atoms. The Labute approximate surface area is 122 Å². The minimum absolute atomic E-state index is 0.155. The number of nitrogens with zero attached hydrogens (tertiary/aromatic N) is 2. The Morgan fingerprint density at radius 1 is 1.29 bits per heavy atom. The second kappa shape index (κ2) is 5.43. The molecule has 4 N–H and O–H groups in total. The summed E-state index contributed by atoms with van der Waals surface area (Å²) in [5, 5.41) is 2.97. The van der Waals surface area contributed by atoms with Crippen LogP contribution in [0.1, 0.15) is 10.4 Å². The lowest BCUT2D eigenvalue weighted by molar-refractivity contribution is 0.102. The number of nitrogen functional groups attached to an aromatic ring is 1. The molecule has 8 heteroatoms. The van der Waals surface area contributed by atoms with Crippen molar-refractivity contribution in [1.29, 1.82) is 0 Å². The van der Waals surface area contributed by atoms with Gasteiger partial charge in [-0.25, -0.2) is 20.2 Å². The molecule has 2 aromatic heterocycles. The van der Waals surface area contributed by atoms with E-state index in [1.165, 1.54) is 23.6 Å². The molecule has 1 aromatic carbocycles. The summed E-state index contributed by atoms with van der Waals surface area (Å²) in [5.41, 5.74) is 2.72. The monoisotopic (exact) mass is 303 g/mol. The Balaban J connectivity index is 1.89. The number of amides is 1. The molecule has 0 unspecified atom stereocenters. The fraction of sp³-hybridized carbons (Fsp3) is 0. The Morgan fingerprint density at radius 3 is 2.86 bits per heavy atom. The van der Waals surface area contributed by atoms with Crippen molar-refractivity contribution in [3.63, 3.8) is 0 Å². The second-order valence-electron chi connectivity index (χ2n) is 4.11. The molecule has 0 bridgehead atoms. The fourth-order valence-corrected chi connectivity index (χ4v) is 2.67. The largest absolute Gasteiger partial charge is 0.306 e. The molecule has 0 saturated carbocycles. The molecular weight excluding hydrogens is 293 g/mol. The van der Waals surface area contributed by atoms with E-state index in [0.717, 1.165) is 10.2 Å². The van der Waals surface area contributed by atoms with Gasteiger partial charge in [-0.3, -0.25) is 10.1 Å². The molecule has 0 aliphatic heterocycles. The van der Waals surface area contributed by atoms with E-state index >= 15 is 0 Å². The summed E-state index contributed by atoms with van der Waals surface area (Å²) in [6.07, 6.45) is 1.30. The molecule has 0 atom stereocenters. The van der Waals surface area contributed by atoms with Gasteiger partial charge < -0.3 is 5.43 Å². The first kappa shape index (κ1) is 13.4. The summed E-state index contributed by atoms with van der Waals surface area (Å²) in [7, 11) is 0. The van der Waals surface area contributed by atoms with E-state index < -0.39 is 11.7 Å². The van der Waals surface area contributed by atoms with Gasteiger partial charge in [-0.2, -0.15) is 0 Å². The summed E-state index contributed by atoms with van der Waals surface area (Å²) < 4.78 is 14.9. The highest BCUT2D eigenvalue weighted by Gasteiger charge is 2.17. The summed E-state index contributed by atoms with van der Waals surface area (Å²) in [6.45, 7) is 0. The van der Waals surface area contributed by atoms with Crippen LogP contribution in [0, 0.1) is 5.82 Å². The van der Waals surface area contributed by atoms with Gasteiger partial charge >= 0.3 is 0 Å². The predicted octanol–water partition coefficient (Wildman–Crippen LogP) is 2.37. The summed E-state index contributed by atoms with van der Waals surface area (Å²) in [5.74, 6) is 3.53. The standard InChI is InChI=1S/C13H10FN5OS/c14-10-7(5-6-16-11(10)19-15)12(20)18-13-17-8-3-1-2-4-9(8)21-13/h1-6H,15H2,(H,16,19)(H,17,18,20). The number of halogens is 1. The predicted molar refractivity (Wildman–Crippen MR) is 79.6 cm³/mol. The van der Waals surface area contributed by atoms with E-state index in [1.54, 1.807) is 0 Å². The molecule has 3 aromatic rings. The highest BCUT2D eigenvalue weighted by Crippen LogP contribution is 2.26. The van der Waals surface area contributed by atoms with E-state index in [-0.39, 0.29) is 11.4 Å². The topological polar surface area (TPSA) is 92.9 Å². The minimum atomic E-state index is -0.807. The molecule has 1 amide bonds. The van der Waals surface area contributed by atoms with Crippen LogP contribution in [0.3, 0.4) is 0 Å². The number of pyridine rings is 1. The van der Waals surface area contributed by atoms with Crippen molar-refractivity contribution in [2.45, 2.75) is 0 Å². The third-order valence-electron chi connectivity index (χ3n) is 2.78. The number of hydrazine groups is 1. The van der Waals surface area contributed by atoms with Crippen LogP contribution in [0.4, 0.5) is 15.3 Å². The molecule has 106 valence electrons. The van der Waals surface area contributed by atoms with Gasteiger partial charge in [0.2, 0.25) is 0 Å². The normalized spacial score (nSPS) is 10.6. The number of hydrogen-bond donors (Lipinski definition) is 3. The van der Waals surface area contributed by atoms with Crippen molar-refractivity contribution in [2.24, 2.45) is 5.84 Å². The SMILES string of the molecule is NNc1nccc(C(=O)Nc2nc3ccccc3s2)c1F. The summed E-state index contributed by atoms with van der Waals surface area (Å²) in [6, 6.07) is 8.75. The van der Waals surface area contributed by atoms with Crippen molar-refractivity contribution in [1.82, 2.24) is 9.97 Å². The number of hydrogen-bond acceptors (Lipinski definition) is 6. The van der Waals surface area contributed by atoms with E-state index in [9.17, 15) is 9.18 Å². The van der Waals surface area contributed by atoms with Crippen LogP contribution in [0.25, 0.3) is 10.2 Å². The molecule has 0 radical (unpaired) electrons. The first-order chi connectivity index (χ1) is 10.2. The molecular formula is C13H10FN5OS. The second-order valence-corrected chi connectivity index (χ2v) is 5.14. The Kier molecular flexibility index (Phi) is 3.46. The van der Waals surface area contributed by atoms with E-state index in [1.807, 2.05) is 24.3 Å². The van der Waals surface area contributed by atoms with Gasteiger partial charge in [0, 0.05) is 6.20 Å². The zero-order chi connectivity index (χ0) is 14.8. The number of aromatic nitrogens is 2. The number of carbonyl (C=O) groups excluding carboxylic acids is 1. The molecule has 6 nitrogen and oxygen atoms in total. The molecule has 0 aliphatic rings. The molecule has 3 rings (SSSR count). The van der Waals surface area contributed by atoms with Crippen LogP contribution in [-0.2, 0) is 0 Å². The van der Waals surface area contributed by atoms with Crippen LogP contribution in [0.15, 0.2) is 36.5 Å². The number of carbonyl (C=O) groups is 1. The van der Waals surface area contributed by atoms with Gasteiger partial charge in [-0.05, 0) is 18.2 Å². The third kappa shape index (κ3) is 2.54. The molecule has 2 heterocycles. The van der Waals surface area contributed by atoms with E-state index in [4.69, 9.17) is 5.84 Å². The maximum absolute atomic E-state index is 13.9. The number of nitrogens with one attached hydrogen (secondary N) is 2. The molecule has 0 aliphatic carbocycles. The van der Waals surface area contributed by atoms with Crippen molar-refractivity contribution in [3.8, 4) is 0 Å². The zero-order valence-electron chi connectivity index (χ0n) is 10.6. The number of para-hydroxylation sites is 1. The number of nitrogens with two attached hydrogens (primary N) is 1. The smallest absolute Gasteiger partial charge is 0.260 e. The van der Waals surface area contributed by atoms with Crippen LogP contribution >= 0.6 is 11.3 Å². The van der Waals surface area contributed by atoms with Crippen LogP contribution in [0.5, 0.6) is 0 Å². The number of thiazole rings is 1. The van der Waals surface area contributed by atoms with Gasteiger partial charge in [0.1, 0.15) is 0 Å². The van der Waals surface area contributed by atoms with Crippen LogP contribution in [-0.4, -0.2) is 15.9 Å². The van der Waals surface area contributed by atoms with Crippen molar-refractivity contribution >= 4 is 38.4 Å². The van der Waals surface area contributed by atoms with E-state index in [0.29, 0.717) is 5.13 Å². The van der Waals surface area contributed by atoms with Crippen molar-refractivity contribution in [3.05, 3.63) is 47.9 Å². The average Bonchev–Trinajstić information content (AvgIpc) is 2.89. The quantitative estimate of drug-likeness (QED) is 0.510. The number of anilines is 2. The van der Waals surface area contributed by atoms with Gasteiger partial charge in [0.05, 0.1) is 15.8 Å². The summed E-state index contributed by atoms with van der Waals surface area (Å²) in [4.78, 5) is 20.0. The van der Waals surface area contributed by atoms with Crippen molar-refractivity contribution < 1.29 is 9.18 Å². The Hall–Kier alpha value is -2.58. The van der Waals surface area contributed by atoms with Crippen molar-refractivity contribution in [2.75, 3.05) is 10.7 Å². The minimum Gasteiger partial charge on any atom is -0.306 e.